The molecule has 9 heteroatoms. The number of piperazine rings is 1. The van der Waals surface area contributed by atoms with Gasteiger partial charge in [0.25, 0.3) is 0 Å². The normalized spacial score (nSPS) is 16.8. The number of amides is 2. The lowest BCUT2D eigenvalue weighted by atomic mass is 10.1. The highest BCUT2D eigenvalue weighted by atomic mass is 35.5. The summed E-state index contributed by atoms with van der Waals surface area (Å²) in [6, 6.07) is 1.86. The maximum atomic E-state index is 12.4. The third kappa shape index (κ3) is 7.66. The van der Waals surface area contributed by atoms with Crippen molar-refractivity contribution < 1.29 is 9.59 Å². The van der Waals surface area contributed by atoms with Crippen LogP contribution in [0.5, 0.6) is 0 Å². The van der Waals surface area contributed by atoms with E-state index in [1.807, 2.05) is 4.90 Å². The molecule has 0 saturated carbocycles. The molecule has 0 aliphatic carbocycles. The van der Waals surface area contributed by atoms with E-state index in [1.54, 1.807) is 6.07 Å². The number of aromatic nitrogens is 2. The molecule has 2 heterocycles. The van der Waals surface area contributed by atoms with Crippen molar-refractivity contribution >= 4 is 41.0 Å². The molecule has 7 nitrogen and oxygen atoms in total. The van der Waals surface area contributed by atoms with Crippen LogP contribution in [-0.2, 0) is 9.59 Å². The van der Waals surface area contributed by atoms with Gasteiger partial charge in [0.1, 0.15) is 11.0 Å². The van der Waals surface area contributed by atoms with Gasteiger partial charge in [-0.25, -0.2) is 9.97 Å². The van der Waals surface area contributed by atoms with E-state index in [0.29, 0.717) is 42.9 Å². The first-order chi connectivity index (χ1) is 13.9. The lowest BCUT2D eigenvalue weighted by Crippen LogP contribution is -2.54. The van der Waals surface area contributed by atoms with Gasteiger partial charge in [-0.05, 0) is 19.8 Å². The topological polar surface area (TPSA) is 78.4 Å². The minimum atomic E-state index is -0.0265. The Bertz CT molecular complexity index is 691. The quantitative estimate of drug-likeness (QED) is 0.259. The minimum Gasteiger partial charge on any atom is -0.355 e. The van der Waals surface area contributed by atoms with Crippen LogP contribution in [0.4, 0.5) is 5.82 Å². The molecule has 0 bridgehead atoms. The van der Waals surface area contributed by atoms with E-state index in [0.717, 1.165) is 31.5 Å². The van der Waals surface area contributed by atoms with Gasteiger partial charge >= 0.3 is 0 Å². The maximum Gasteiger partial charge on any atom is 0.230 e. The molecule has 0 radical (unpaired) electrons. The number of thioether (sulfide) groups is 1. The van der Waals surface area contributed by atoms with Crippen LogP contribution in [0.3, 0.4) is 0 Å². The Labute approximate surface area is 183 Å². The van der Waals surface area contributed by atoms with Crippen molar-refractivity contribution in [1.82, 2.24) is 20.2 Å². The van der Waals surface area contributed by atoms with Gasteiger partial charge in [-0.1, -0.05) is 50.1 Å². The Balaban J connectivity index is 1.94. The molecule has 162 valence electrons. The number of rotatable bonds is 10. The second-order valence-electron chi connectivity index (χ2n) is 7.31. The number of unbranched alkanes of at least 4 members (excludes halogenated alkanes) is 2. The highest BCUT2D eigenvalue weighted by Gasteiger charge is 2.28. The molecule has 1 aromatic rings. The summed E-state index contributed by atoms with van der Waals surface area (Å²) in [6.07, 6.45) is 4.58. The Morgan fingerprint density at radius 2 is 2.00 bits per heavy atom. The van der Waals surface area contributed by atoms with Crippen LogP contribution in [0.2, 0.25) is 5.15 Å². The summed E-state index contributed by atoms with van der Waals surface area (Å²) in [4.78, 5) is 37.2. The fourth-order valence-electron chi connectivity index (χ4n) is 3.21. The van der Waals surface area contributed by atoms with Crippen LogP contribution in [0.25, 0.3) is 0 Å². The van der Waals surface area contributed by atoms with Crippen molar-refractivity contribution in [3.05, 3.63) is 11.2 Å². The number of nitrogens with one attached hydrogen (secondary N) is 1. The highest BCUT2D eigenvalue weighted by Crippen LogP contribution is 2.24. The molecule has 1 aliphatic rings. The molecular weight excluding hydrogens is 410 g/mol. The molecule has 2 rings (SSSR count). The van der Waals surface area contributed by atoms with Crippen molar-refractivity contribution in [2.75, 3.05) is 36.8 Å². The van der Waals surface area contributed by atoms with Crippen LogP contribution in [0.1, 0.15) is 52.9 Å². The monoisotopic (exact) mass is 441 g/mol. The number of hydrogen-bond acceptors (Lipinski definition) is 6. The van der Waals surface area contributed by atoms with E-state index < -0.39 is 0 Å². The summed E-state index contributed by atoms with van der Waals surface area (Å²) in [7, 11) is 0. The molecule has 1 unspecified atom stereocenters. The van der Waals surface area contributed by atoms with Crippen LogP contribution < -0.4 is 10.2 Å². The van der Waals surface area contributed by atoms with Gasteiger partial charge < -0.3 is 15.1 Å². The molecule has 0 spiro atoms. The standard InChI is InChI=1S/C20H32ClN5O2S/c1-4-6-8-19(28)26-11-10-25(13-15(26)3)17-12-16(21)23-20(24-17)29-14-18(27)22-9-7-5-2/h12,15H,4-11,13-14H2,1-3H3,(H,22,27). The van der Waals surface area contributed by atoms with Gasteiger partial charge in [0, 0.05) is 44.7 Å². The third-order valence-corrected chi connectivity index (χ3v) is 5.90. The van der Waals surface area contributed by atoms with E-state index >= 15 is 0 Å². The summed E-state index contributed by atoms with van der Waals surface area (Å²) in [5.41, 5.74) is 0. The SMILES string of the molecule is CCCCNC(=O)CSc1nc(Cl)cc(N2CCN(C(=O)CCCC)C(C)C2)n1. The van der Waals surface area contributed by atoms with Crippen LogP contribution in [0, 0.1) is 0 Å². The van der Waals surface area contributed by atoms with Crippen LogP contribution in [-0.4, -0.2) is 64.7 Å². The van der Waals surface area contributed by atoms with E-state index in [9.17, 15) is 9.59 Å². The molecule has 1 saturated heterocycles. The lowest BCUT2D eigenvalue weighted by molar-refractivity contribution is -0.133. The van der Waals surface area contributed by atoms with Crippen molar-refractivity contribution in [2.45, 2.75) is 64.1 Å². The van der Waals surface area contributed by atoms with Gasteiger partial charge in [-0.3, -0.25) is 9.59 Å². The predicted molar refractivity (Wildman–Crippen MR) is 119 cm³/mol. The summed E-state index contributed by atoms with van der Waals surface area (Å²) in [6.45, 7) is 9.02. The molecule has 2 amide bonds. The van der Waals surface area contributed by atoms with Crippen molar-refractivity contribution in [3.63, 3.8) is 0 Å². The average Bonchev–Trinajstić information content (AvgIpc) is 2.70. The second kappa shape index (κ2) is 12.2. The number of hydrogen-bond donors (Lipinski definition) is 1. The molecule has 1 atom stereocenters. The fourth-order valence-corrected chi connectivity index (χ4v) is 4.12. The Kier molecular flexibility index (Phi) is 10.0. The highest BCUT2D eigenvalue weighted by molar-refractivity contribution is 7.99. The van der Waals surface area contributed by atoms with E-state index in [-0.39, 0.29) is 23.6 Å². The Morgan fingerprint density at radius 1 is 1.24 bits per heavy atom. The lowest BCUT2D eigenvalue weighted by Gasteiger charge is -2.40. The summed E-state index contributed by atoms with van der Waals surface area (Å²) in [5.74, 6) is 1.21. The van der Waals surface area contributed by atoms with Crippen LogP contribution >= 0.6 is 23.4 Å². The molecular formula is C20H32ClN5O2S. The van der Waals surface area contributed by atoms with E-state index in [1.165, 1.54) is 11.8 Å². The number of anilines is 1. The maximum absolute atomic E-state index is 12.4. The first kappa shape index (κ1) is 23.7. The van der Waals surface area contributed by atoms with Gasteiger partial charge in [0.2, 0.25) is 11.8 Å². The largest absolute Gasteiger partial charge is 0.355 e. The van der Waals surface area contributed by atoms with Gasteiger partial charge in [0.15, 0.2) is 5.16 Å². The molecule has 0 aromatic carbocycles. The first-order valence-corrected chi connectivity index (χ1v) is 11.8. The van der Waals surface area contributed by atoms with Crippen molar-refractivity contribution in [1.29, 1.82) is 0 Å². The number of carbonyl (C=O) groups excluding carboxylic acids is 2. The van der Waals surface area contributed by atoms with Crippen molar-refractivity contribution in [3.8, 4) is 0 Å². The Morgan fingerprint density at radius 3 is 2.69 bits per heavy atom. The Hall–Kier alpha value is -1.54. The molecule has 1 aromatic heterocycles. The number of nitrogens with zero attached hydrogens (tertiary/aromatic N) is 4. The van der Waals surface area contributed by atoms with Crippen LogP contribution in [0.15, 0.2) is 11.2 Å². The summed E-state index contributed by atoms with van der Waals surface area (Å²) >= 11 is 7.49. The first-order valence-electron chi connectivity index (χ1n) is 10.4. The van der Waals surface area contributed by atoms with E-state index in [4.69, 9.17) is 11.6 Å². The fraction of sp³-hybridized carbons (Fsp3) is 0.700. The molecule has 1 N–H and O–H groups in total. The van der Waals surface area contributed by atoms with E-state index in [2.05, 4.69) is 41.0 Å². The van der Waals surface area contributed by atoms with Gasteiger partial charge in [-0.15, -0.1) is 0 Å². The molecule has 1 fully saturated rings. The zero-order valence-electron chi connectivity index (χ0n) is 17.6. The predicted octanol–water partition coefficient (Wildman–Crippen LogP) is 3.37. The van der Waals surface area contributed by atoms with Gasteiger partial charge in [0.05, 0.1) is 5.75 Å². The average molecular weight is 442 g/mol. The minimum absolute atomic E-state index is 0.0265. The molecule has 1 aliphatic heterocycles. The van der Waals surface area contributed by atoms with Gasteiger partial charge in [-0.2, -0.15) is 0 Å². The number of carbonyl (C=O) groups is 2. The smallest absolute Gasteiger partial charge is 0.230 e. The van der Waals surface area contributed by atoms with Crippen molar-refractivity contribution in [2.24, 2.45) is 0 Å². The molecule has 29 heavy (non-hydrogen) atoms. The second-order valence-corrected chi connectivity index (χ2v) is 8.64. The zero-order chi connectivity index (χ0) is 21.2. The summed E-state index contributed by atoms with van der Waals surface area (Å²) < 4.78 is 0. The zero-order valence-corrected chi connectivity index (χ0v) is 19.2. The summed E-state index contributed by atoms with van der Waals surface area (Å²) in [5, 5.41) is 3.74. The number of halogens is 1. The third-order valence-electron chi connectivity index (χ3n) is 4.86.